The van der Waals surface area contributed by atoms with E-state index in [1.54, 1.807) is 12.5 Å². The Hall–Kier alpha value is -1.82. The lowest BCUT2D eigenvalue weighted by Crippen LogP contribution is -2.42. The van der Waals surface area contributed by atoms with Crippen molar-refractivity contribution in [3.8, 4) is 0 Å². The molecule has 1 spiro atoms. The maximum absolute atomic E-state index is 11.7. The lowest BCUT2D eigenvalue weighted by Gasteiger charge is -2.39. The average molecular weight is 306 g/mol. The number of nitrogens with zero attached hydrogens (tertiary/aromatic N) is 2. The molecule has 120 valence electrons. The summed E-state index contributed by atoms with van der Waals surface area (Å²) in [4.78, 5) is 27.0. The van der Waals surface area contributed by atoms with E-state index < -0.39 is 12.0 Å². The van der Waals surface area contributed by atoms with Crippen molar-refractivity contribution in [2.75, 3.05) is 19.6 Å². The highest BCUT2D eigenvalue weighted by molar-refractivity contribution is 5.83. The van der Waals surface area contributed by atoms with Crippen LogP contribution in [0.1, 0.15) is 31.7 Å². The van der Waals surface area contributed by atoms with E-state index in [9.17, 15) is 14.7 Å². The van der Waals surface area contributed by atoms with Crippen molar-refractivity contribution in [3.05, 3.63) is 24.2 Å². The SMILES string of the molecule is CC(=O)N1CC2(CCN(Cc3ccoc3)CC2)C[C@@H]1C(=O)O. The predicted molar refractivity (Wildman–Crippen MR) is 79.1 cm³/mol. The Morgan fingerprint density at radius 2 is 2.14 bits per heavy atom. The number of likely N-dealkylation sites (tertiary alicyclic amines) is 2. The first-order valence-corrected chi connectivity index (χ1v) is 7.73. The predicted octanol–water partition coefficient (Wildman–Crippen LogP) is 1.57. The monoisotopic (exact) mass is 306 g/mol. The van der Waals surface area contributed by atoms with Gasteiger partial charge in [-0.1, -0.05) is 0 Å². The third-order valence-corrected chi connectivity index (χ3v) is 5.10. The largest absolute Gasteiger partial charge is 0.480 e. The fourth-order valence-electron chi connectivity index (χ4n) is 3.80. The molecule has 1 atom stereocenters. The topological polar surface area (TPSA) is 74.0 Å². The molecule has 0 bridgehead atoms. The number of carbonyl (C=O) groups excluding carboxylic acids is 1. The van der Waals surface area contributed by atoms with E-state index in [0.717, 1.165) is 38.0 Å². The number of carboxylic acid groups (broad SMARTS) is 1. The molecule has 2 fully saturated rings. The number of furan rings is 1. The highest BCUT2D eigenvalue weighted by atomic mass is 16.4. The second-order valence-corrected chi connectivity index (χ2v) is 6.61. The zero-order chi connectivity index (χ0) is 15.7. The molecule has 2 aliphatic heterocycles. The molecule has 2 aliphatic rings. The fourth-order valence-corrected chi connectivity index (χ4v) is 3.80. The molecule has 6 heteroatoms. The van der Waals surface area contributed by atoms with Crippen molar-refractivity contribution in [2.45, 2.75) is 38.8 Å². The van der Waals surface area contributed by atoms with Gasteiger partial charge < -0.3 is 14.4 Å². The van der Waals surface area contributed by atoms with E-state index in [2.05, 4.69) is 4.90 Å². The molecular formula is C16H22N2O4. The van der Waals surface area contributed by atoms with E-state index in [-0.39, 0.29) is 11.3 Å². The molecular weight excluding hydrogens is 284 g/mol. The maximum atomic E-state index is 11.7. The third-order valence-electron chi connectivity index (χ3n) is 5.10. The molecule has 6 nitrogen and oxygen atoms in total. The number of piperidine rings is 1. The summed E-state index contributed by atoms with van der Waals surface area (Å²) < 4.78 is 5.09. The van der Waals surface area contributed by atoms with Gasteiger partial charge in [-0.15, -0.1) is 0 Å². The Bertz CT molecular complexity index is 523. The van der Waals surface area contributed by atoms with Gasteiger partial charge in [0.25, 0.3) is 0 Å². The number of carbonyl (C=O) groups is 2. The minimum absolute atomic E-state index is 0.0262. The van der Waals surface area contributed by atoms with Crippen molar-refractivity contribution in [3.63, 3.8) is 0 Å². The first-order chi connectivity index (χ1) is 10.5. The van der Waals surface area contributed by atoms with Gasteiger partial charge in [-0.25, -0.2) is 4.79 Å². The number of amides is 1. The molecule has 0 aliphatic carbocycles. The van der Waals surface area contributed by atoms with Crippen LogP contribution in [-0.4, -0.2) is 52.5 Å². The van der Waals surface area contributed by atoms with Crippen molar-refractivity contribution in [1.82, 2.24) is 9.80 Å². The van der Waals surface area contributed by atoms with Crippen LogP contribution in [0.5, 0.6) is 0 Å². The summed E-state index contributed by atoms with van der Waals surface area (Å²) in [6, 6.07) is 1.32. The highest BCUT2D eigenvalue weighted by Crippen LogP contribution is 2.43. The minimum atomic E-state index is -0.882. The van der Waals surface area contributed by atoms with E-state index in [4.69, 9.17) is 4.42 Å². The summed E-state index contributed by atoms with van der Waals surface area (Å²) in [5, 5.41) is 9.35. The molecule has 1 amide bonds. The summed E-state index contributed by atoms with van der Waals surface area (Å²) in [5.74, 6) is -1.02. The van der Waals surface area contributed by atoms with Crippen molar-refractivity contribution < 1.29 is 19.1 Å². The Morgan fingerprint density at radius 3 is 2.64 bits per heavy atom. The Morgan fingerprint density at radius 1 is 1.41 bits per heavy atom. The molecule has 0 saturated carbocycles. The third kappa shape index (κ3) is 2.88. The summed E-state index contributed by atoms with van der Waals surface area (Å²) in [7, 11) is 0. The van der Waals surface area contributed by atoms with E-state index in [0.29, 0.717) is 13.0 Å². The Balaban J connectivity index is 1.62. The highest BCUT2D eigenvalue weighted by Gasteiger charge is 2.48. The van der Waals surface area contributed by atoms with Gasteiger partial charge in [0.1, 0.15) is 6.04 Å². The molecule has 0 radical (unpaired) electrons. The molecule has 3 heterocycles. The lowest BCUT2D eigenvalue weighted by molar-refractivity contribution is -0.147. The lowest BCUT2D eigenvalue weighted by atomic mass is 9.76. The second-order valence-electron chi connectivity index (χ2n) is 6.61. The smallest absolute Gasteiger partial charge is 0.326 e. The summed E-state index contributed by atoms with van der Waals surface area (Å²) in [6.45, 7) is 4.78. The first kappa shape index (κ1) is 15.1. The molecule has 22 heavy (non-hydrogen) atoms. The first-order valence-electron chi connectivity index (χ1n) is 7.73. The Labute approximate surface area is 129 Å². The zero-order valence-electron chi connectivity index (χ0n) is 12.8. The van der Waals surface area contributed by atoms with Gasteiger partial charge in [0.05, 0.1) is 12.5 Å². The van der Waals surface area contributed by atoms with Crippen LogP contribution >= 0.6 is 0 Å². The van der Waals surface area contributed by atoms with Crippen LogP contribution in [0, 0.1) is 5.41 Å². The van der Waals surface area contributed by atoms with Gasteiger partial charge in [-0.2, -0.15) is 0 Å². The van der Waals surface area contributed by atoms with Crippen molar-refractivity contribution in [1.29, 1.82) is 0 Å². The van der Waals surface area contributed by atoms with E-state index in [1.165, 1.54) is 11.8 Å². The van der Waals surface area contributed by atoms with Crippen LogP contribution in [0.25, 0.3) is 0 Å². The number of rotatable bonds is 3. The molecule has 0 unspecified atom stereocenters. The van der Waals surface area contributed by atoms with Gasteiger partial charge in [-0.3, -0.25) is 9.69 Å². The van der Waals surface area contributed by atoms with Crippen LogP contribution in [0.3, 0.4) is 0 Å². The minimum Gasteiger partial charge on any atom is -0.480 e. The second kappa shape index (κ2) is 5.76. The average Bonchev–Trinajstić information content (AvgIpc) is 3.10. The van der Waals surface area contributed by atoms with Gasteiger partial charge in [0, 0.05) is 25.6 Å². The molecule has 1 aromatic heterocycles. The standard InChI is InChI=1S/C16H22N2O4/c1-12(19)18-11-16(8-14(18)15(20)21)3-5-17(6-4-16)9-13-2-7-22-10-13/h2,7,10,14H,3-6,8-9,11H2,1H3,(H,20,21)/t14-/m1/s1. The number of aliphatic carboxylic acids is 1. The van der Waals surface area contributed by atoms with E-state index in [1.807, 2.05) is 6.07 Å². The molecule has 0 aromatic carbocycles. The van der Waals surface area contributed by atoms with Gasteiger partial charge >= 0.3 is 5.97 Å². The van der Waals surface area contributed by atoms with E-state index >= 15 is 0 Å². The normalized spacial score (nSPS) is 24.8. The maximum Gasteiger partial charge on any atom is 0.326 e. The van der Waals surface area contributed by atoms with Crippen LogP contribution < -0.4 is 0 Å². The van der Waals surface area contributed by atoms with Crippen LogP contribution in [-0.2, 0) is 16.1 Å². The van der Waals surface area contributed by atoms with Crippen molar-refractivity contribution in [2.24, 2.45) is 5.41 Å². The van der Waals surface area contributed by atoms with Gasteiger partial charge in [-0.05, 0) is 43.8 Å². The summed E-state index contributed by atoms with van der Waals surface area (Å²) in [6.07, 6.45) is 5.91. The summed E-state index contributed by atoms with van der Waals surface area (Å²) in [5.41, 5.74) is 1.14. The number of hydrogen-bond donors (Lipinski definition) is 1. The Kier molecular flexibility index (Phi) is 3.95. The number of carboxylic acids is 1. The van der Waals surface area contributed by atoms with Gasteiger partial charge in [0.2, 0.25) is 5.91 Å². The fraction of sp³-hybridized carbons (Fsp3) is 0.625. The summed E-state index contributed by atoms with van der Waals surface area (Å²) >= 11 is 0. The quantitative estimate of drug-likeness (QED) is 0.917. The van der Waals surface area contributed by atoms with Gasteiger partial charge in [0.15, 0.2) is 0 Å². The molecule has 2 saturated heterocycles. The molecule has 1 N–H and O–H groups in total. The van der Waals surface area contributed by atoms with Crippen LogP contribution in [0.2, 0.25) is 0 Å². The number of hydrogen-bond acceptors (Lipinski definition) is 4. The van der Waals surface area contributed by atoms with Crippen molar-refractivity contribution >= 4 is 11.9 Å². The molecule has 1 aromatic rings. The molecule has 3 rings (SSSR count). The van der Waals surface area contributed by atoms with Crippen LogP contribution in [0.4, 0.5) is 0 Å². The van der Waals surface area contributed by atoms with Crippen LogP contribution in [0.15, 0.2) is 23.0 Å². The zero-order valence-corrected chi connectivity index (χ0v) is 12.8.